The van der Waals surface area contributed by atoms with Crippen molar-refractivity contribution in [2.45, 2.75) is 44.2 Å². The van der Waals surface area contributed by atoms with Crippen LogP contribution in [0.25, 0.3) is 0 Å². The van der Waals surface area contributed by atoms with Gasteiger partial charge in [-0.05, 0) is 36.8 Å². The fourth-order valence-corrected chi connectivity index (χ4v) is 3.02. The number of hydrogen-bond acceptors (Lipinski definition) is 2. The van der Waals surface area contributed by atoms with Crippen molar-refractivity contribution in [2.75, 3.05) is 12.8 Å². The van der Waals surface area contributed by atoms with E-state index in [0.717, 1.165) is 25.0 Å². The van der Waals surface area contributed by atoms with Crippen LogP contribution in [0.5, 0.6) is 0 Å². The quantitative estimate of drug-likeness (QED) is 0.720. The van der Waals surface area contributed by atoms with Gasteiger partial charge in [-0.2, -0.15) is 24.9 Å². The Morgan fingerprint density at radius 1 is 1.14 bits per heavy atom. The first-order valence-corrected chi connectivity index (χ1v) is 8.12. The second-order valence-corrected chi connectivity index (χ2v) is 6.28. The van der Waals surface area contributed by atoms with E-state index in [4.69, 9.17) is 0 Å². The maximum Gasteiger partial charge on any atom is 0.419 e. The number of benzene rings is 1. The van der Waals surface area contributed by atoms with Gasteiger partial charge in [0.25, 0.3) is 0 Å². The van der Waals surface area contributed by atoms with Gasteiger partial charge in [0, 0.05) is 17.8 Å². The van der Waals surface area contributed by atoms with E-state index in [1.807, 2.05) is 6.26 Å². The Morgan fingerprint density at radius 3 is 2.24 bits per heavy atom. The van der Waals surface area contributed by atoms with E-state index in [1.54, 1.807) is 11.8 Å². The summed E-state index contributed by atoms with van der Waals surface area (Å²) in [6.45, 7) is 5.20. The molecule has 0 saturated carbocycles. The van der Waals surface area contributed by atoms with Crippen LogP contribution in [-0.2, 0) is 12.7 Å². The van der Waals surface area contributed by atoms with Gasteiger partial charge in [0.2, 0.25) is 0 Å². The highest BCUT2D eigenvalue weighted by Crippen LogP contribution is 2.32. The average Bonchev–Trinajstić information content (AvgIpc) is 2.44. The van der Waals surface area contributed by atoms with E-state index in [1.165, 1.54) is 6.07 Å². The van der Waals surface area contributed by atoms with Gasteiger partial charge < -0.3 is 5.32 Å². The first-order chi connectivity index (χ1) is 9.78. The fourth-order valence-electron chi connectivity index (χ4n) is 2.20. The maximum atomic E-state index is 13.2. The van der Waals surface area contributed by atoms with Crippen molar-refractivity contribution in [1.82, 2.24) is 5.32 Å². The molecule has 0 saturated heterocycles. The van der Waals surface area contributed by atoms with Gasteiger partial charge in [-0.3, -0.25) is 0 Å². The largest absolute Gasteiger partial charge is 0.419 e. The van der Waals surface area contributed by atoms with Crippen LogP contribution in [0, 0.1) is 5.82 Å². The van der Waals surface area contributed by atoms with E-state index >= 15 is 0 Å². The number of hydrogen-bond donors (Lipinski definition) is 1. The van der Waals surface area contributed by atoms with Crippen LogP contribution in [0.15, 0.2) is 18.2 Å². The highest BCUT2D eigenvalue weighted by Gasteiger charge is 2.34. The summed E-state index contributed by atoms with van der Waals surface area (Å²) < 4.78 is 51.2. The minimum atomic E-state index is -4.66. The number of nitrogens with one attached hydrogen (secondary N) is 1. The molecule has 1 N–H and O–H groups in total. The summed E-state index contributed by atoms with van der Waals surface area (Å²) in [6.07, 6.45) is -0.659. The highest BCUT2D eigenvalue weighted by atomic mass is 32.2. The molecule has 0 fully saturated rings. The third kappa shape index (κ3) is 4.88. The van der Waals surface area contributed by atoms with E-state index in [9.17, 15) is 17.6 Å². The highest BCUT2D eigenvalue weighted by molar-refractivity contribution is 8.00. The molecule has 1 nitrogen and oxygen atoms in total. The monoisotopic (exact) mass is 323 g/mol. The molecule has 120 valence electrons. The molecule has 21 heavy (non-hydrogen) atoms. The maximum absolute atomic E-state index is 13.2. The molecule has 1 aromatic carbocycles. The number of rotatable bonds is 7. The molecule has 1 aromatic rings. The lowest BCUT2D eigenvalue weighted by molar-refractivity contribution is -0.140. The molecule has 0 heterocycles. The predicted octanol–water partition coefficient (Wildman–Crippen LogP) is 4.86. The van der Waals surface area contributed by atoms with Crippen molar-refractivity contribution in [2.24, 2.45) is 0 Å². The molecular weight excluding hydrogens is 302 g/mol. The zero-order valence-corrected chi connectivity index (χ0v) is 13.3. The number of halogens is 4. The van der Waals surface area contributed by atoms with E-state index in [-0.39, 0.29) is 4.75 Å². The SMILES string of the molecule is CCC(CC)(CNCc1ccc(F)c(C(F)(F)F)c1)SC. The summed E-state index contributed by atoms with van der Waals surface area (Å²) in [5.74, 6) is -1.23. The lowest BCUT2D eigenvalue weighted by atomic mass is 10.0. The molecule has 6 heteroatoms. The van der Waals surface area contributed by atoms with Crippen LogP contribution in [0.3, 0.4) is 0 Å². The Morgan fingerprint density at radius 2 is 1.76 bits per heavy atom. The first-order valence-electron chi connectivity index (χ1n) is 6.89. The number of alkyl halides is 3. The van der Waals surface area contributed by atoms with Crippen molar-refractivity contribution >= 4 is 11.8 Å². The van der Waals surface area contributed by atoms with Crippen LogP contribution in [0.1, 0.15) is 37.8 Å². The lowest BCUT2D eigenvalue weighted by Crippen LogP contribution is -2.36. The van der Waals surface area contributed by atoms with Crippen molar-refractivity contribution in [3.05, 3.63) is 35.1 Å². The Bertz CT molecular complexity index is 447. The Balaban J connectivity index is 2.73. The minimum Gasteiger partial charge on any atom is -0.311 e. The zero-order chi connectivity index (χ0) is 16.1. The molecule has 0 aliphatic carbocycles. The Labute approximate surface area is 127 Å². The van der Waals surface area contributed by atoms with Gasteiger partial charge in [0.15, 0.2) is 0 Å². The molecule has 0 amide bonds. The number of thioether (sulfide) groups is 1. The molecule has 0 radical (unpaired) electrons. The van der Waals surface area contributed by atoms with Crippen LogP contribution < -0.4 is 5.32 Å². The standard InChI is InChI=1S/C15H21F4NS/c1-4-14(5-2,21-3)10-20-9-11-6-7-13(16)12(8-11)15(17,18)19/h6-8,20H,4-5,9-10H2,1-3H3. The summed E-state index contributed by atoms with van der Waals surface area (Å²) in [5, 5.41) is 3.18. The molecule has 0 aromatic heterocycles. The molecule has 0 aliphatic rings. The third-order valence-electron chi connectivity index (χ3n) is 3.83. The Hall–Kier alpha value is -0.750. The second-order valence-electron chi connectivity index (χ2n) is 5.01. The topological polar surface area (TPSA) is 12.0 Å². The summed E-state index contributed by atoms with van der Waals surface area (Å²) in [4.78, 5) is 0. The third-order valence-corrected chi connectivity index (χ3v) is 5.42. The van der Waals surface area contributed by atoms with Crippen LogP contribution in [0.2, 0.25) is 0 Å². The van der Waals surface area contributed by atoms with Crippen molar-refractivity contribution in [3.8, 4) is 0 Å². The minimum absolute atomic E-state index is 0.0902. The lowest BCUT2D eigenvalue weighted by Gasteiger charge is -2.30. The van der Waals surface area contributed by atoms with E-state index in [0.29, 0.717) is 18.7 Å². The summed E-state index contributed by atoms with van der Waals surface area (Å²) in [6, 6.07) is 3.14. The van der Waals surface area contributed by atoms with Gasteiger partial charge in [0.05, 0.1) is 5.56 Å². The van der Waals surface area contributed by atoms with Crippen molar-refractivity contribution < 1.29 is 17.6 Å². The average molecular weight is 323 g/mol. The van der Waals surface area contributed by atoms with Gasteiger partial charge >= 0.3 is 6.18 Å². The van der Waals surface area contributed by atoms with Gasteiger partial charge in [-0.1, -0.05) is 19.9 Å². The molecule has 0 atom stereocenters. The predicted molar refractivity (Wildman–Crippen MR) is 79.9 cm³/mol. The van der Waals surface area contributed by atoms with Gasteiger partial charge in [-0.15, -0.1) is 0 Å². The van der Waals surface area contributed by atoms with Crippen LogP contribution >= 0.6 is 11.8 Å². The van der Waals surface area contributed by atoms with E-state index in [2.05, 4.69) is 19.2 Å². The molecule has 1 rings (SSSR count). The second kappa shape index (κ2) is 7.49. The van der Waals surface area contributed by atoms with Crippen LogP contribution in [-0.4, -0.2) is 17.5 Å². The molecule has 0 unspecified atom stereocenters. The molecule has 0 spiro atoms. The normalized spacial score (nSPS) is 12.7. The van der Waals surface area contributed by atoms with Gasteiger partial charge in [-0.25, -0.2) is 4.39 Å². The molecular formula is C15H21F4NS. The summed E-state index contributed by atoms with van der Waals surface area (Å²) >= 11 is 1.76. The summed E-state index contributed by atoms with van der Waals surface area (Å²) in [7, 11) is 0. The molecule has 0 bridgehead atoms. The Kier molecular flexibility index (Phi) is 6.53. The van der Waals surface area contributed by atoms with Crippen molar-refractivity contribution in [3.63, 3.8) is 0 Å². The van der Waals surface area contributed by atoms with Crippen LogP contribution in [0.4, 0.5) is 17.6 Å². The molecule has 0 aliphatic heterocycles. The smallest absolute Gasteiger partial charge is 0.311 e. The zero-order valence-electron chi connectivity index (χ0n) is 12.5. The summed E-state index contributed by atoms with van der Waals surface area (Å²) in [5.41, 5.74) is -0.769. The van der Waals surface area contributed by atoms with Gasteiger partial charge in [0.1, 0.15) is 5.82 Å². The fraction of sp³-hybridized carbons (Fsp3) is 0.600. The van der Waals surface area contributed by atoms with Crippen molar-refractivity contribution in [1.29, 1.82) is 0 Å². The first kappa shape index (κ1) is 18.3. The van der Waals surface area contributed by atoms with E-state index < -0.39 is 17.6 Å².